The summed E-state index contributed by atoms with van der Waals surface area (Å²) in [4.78, 5) is 18.8. The summed E-state index contributed by atoms with van der Waals surface area (Å²) in [6, 6.07) is 10.9. The number of hydrogen-bond acceptors (Lipinski definition) is 5. The number of aromatic nitrogens is 2. The van der Waals surface area contributed by atoms with Crippen molar-refractivity contribution in [2.45, 2.75) is 42.9 Å². The Kier molecular flexibility index (Phi) is 7.95. The highest BCUT2D eigenvalue weighted by molar-refractivity contribution is 7.90. The summed E-state index contributed by atoms with van der Waals surface area (Å²) in [6.07, 6.45) is 4.38. The Labute approximate surface area is 208 Å². The second-order valence-corrected chi connectivity index (χ2v) is 10.5. The molecule has 0 radical (unpaired) electrons. The molecule has 3 aromatic rings. The van der Waals surface area contributed by atoms with E-state index < -0.39 is 27.2 Å². The van der Waals surface area contributed by atoms with Crippen molar-refractivity contribution in [3.63, 3.8) is 0 Å². The van der Waals surface area contributed by atoms with Crippen molar-refractivity contribution in [3.05, 3.63) is 95.8 Å². The molecule has 0 bridgehead atoms. The van der Waals surface area contributed by atoms with Gasteiger partial charge in [0.05, 0.1) is 36.8 Å². The van der Waals surface area contributed by atoms with Crippen molar-refractivity contribution < 1.29 is 26.7 Å². The molecule has 1 aliphatic rings. The van der Waals surface area contributed by atoms with Crippen molar-refractivity contribution in [2.75, 3.05) is 13.2 Å². The Morgan fingerprint density at radius 2 is 1.94 bits per heavy atom. The third-order valence-electron chi connectivity index (χ3n) is 5.97. The van der Waals surface area contributed by atoms with E-state index in [1.165, 1.54) is 53.6 Å². The van der Waals surface area contributed by atoms with E-state index >= 15 is 0 Å². The lowest BCUT2D eigenvalue weighted by atomic mass is 10.2. The summed E-state index contributed by atoms with van der Waals surface area (Å²) in [7, 11) is -4.02. The van der Waals surface area contributed by atoms with Gasteiger partial charge in [-0.2, -0.15) is 0 Å². The van der Waals surface area contributed by atoms with Crippen molar-refractivity contribution in [1.29, 1.82) is 0 Å². The molecule has 1 aliphatic heterocycles. The summed E-state index contributed by atoms with van der Waals surface area (Å²) in [5.74, 6) is -1.98. The number of halogens is 2. The van der Waals surface area contributed by atoms with Crippen LogP contribution in [0.1, 0.15) is 34.5 Å². The van der Waals surface area contributed by atoms with Crippen LogP contribution < -0.4 is 0 Å². The van der Waals surface area contributed by atoms with Gasteiger partial charge in [-0.1, -0.05) is 24.3 Å². The molecule has 10 heteroatoms. The lowest BCUT2D eigenvalue weighted by Crippen LogP contribution is -2.32. The highest BCUT2D eigenvalue weighted by atomic mass is 32.2. The molecule has 7 nitrogen and oxygen atoms in total. The van der Waals surface area contributed by atoms with Gasteiger partial charge in [0.1, 0.15) is 11.6 Å². The van der Waals surface area contributed by atoms with Crippen molar-refractivity contribution in [2.24, 2.45) is 0 Å². The van der Waals surface area contributed by atoms with Crippen LogP contribution in [0.3, 0.4) is 0 Å². The number of nitrogens with zero attached hydrogens (tertiary/aromatic N) is 3. The quantitative estimate of drug-likeness (QED) is 0.379. The maximum Gasteiger partial charge on any atom is 0.254 e. The first kappa shape index (κ1) is 25.7. The Bertz CT molecular complexity index is 1330. The summed E-state index contributed by atoms with van der Waals surface area (Å²) in [5, 5.41) is -0.205. The van der Waals surface area contributed by atoms with Gasteiger partial charge in [0.15, 0.2) is 0 Å². The van der Waals surface area contributed by atoms with Gasteiger partial charge in [-0.05, 0) is 43.2 Å². The van der Waals surface area contributed by atoms with Crippen molar-refractivity contribution in [3.8, 4) is 0 Å². The third kappa shape index (κ3) is 5.88. The lowest BCUT2D eigenvalue weighted by Gasteiger charge is -2.23. The highest BCUT2D eigenvalue weighted by Crippen LogP contribution is 2.23. The Morgan fingerprint density at radius 1 is 1.19 bits per heavy atom. The van der Waals surface area contributed by atoms with Crippen molar-refractivity contribution >= 4 is 15.7 Å². The Balaban J connectivity index is 1.67. The zero-order valence-corrected chi connectivity index (χ0v) is 20.5. The molecule has 1 saturated heterocycles. The molecule has 1 fully saturated rings. The number of imidazole rings is 1. The molecule has 190 valence electrons. The van der Waals surface area contributed by atoms with Gasteiger partial charge in [-0.3, -0.25) is 4.79 Å². The van der Waals surface area contributed by atoms with E-state index in [0.29, 0.717) is 12.3 Å². The molecule has 1 amide bonds. The Hall–Kier alpha value is -3.37. The van der Waals surface area contributed by atoms with Gasteiger partial charge in [0.2, 0.25) is 15.0 Å². The summed E-state index contributed by atoms with van der Waals surface area (Å²) >= 11 is 0. The maximum atomic E-state index is 14.2. The van der Waals surface area contributed by atoms with Crippen LogP contribution in [0, 0.1) is 11.6 Å². The number of ether oxygens (including phenoxy) is 1. The normalized spacial score (nSPS) is 15.7. The summed E-state index contributed by atoms with van der Waals surface area (Å²) in [5.41, 5.74) is 0.816. The first-order valence-corrected chi connectivity index (χ1v) is 13.2. The molecule has 0 aliphatic carbocycles. The summed E-state index contributed by atoms with van der Waals surface area (Å²) < 4.78 is 61.5. The number of hydrogen-bond donors (Lipinski definition) is 0. The fourth-order valence-corrected chi connectivity index (χ4v) is 5.70. The van der Waals surface area contributed by atoms with Crippen molar-refractivity contribution in [1.82, 2.24) is 14.5 Å². The molecule has 2 heterocycles. The van der Waals surface area contributed by atoms with Crippen LogP contribution in [0.2, 0.25) is 0 Å². The Morgan fingerprint density at radius 3 is 2.61 bits per heavy atom. The molecule has 2 aromatic carbocycles. The number of amides is 1. The SMILES string of the molecule is C=CCN(Cc1cnc(S(=O)(=O)Cc2ccccc2F)n1CC1CCCO1)C(=O)c1ccc(F)cc1. The first-order chi connectivity index (χ1) is 17.3. The zero-order valence-electron chi connectivity index (χ0n) is 19.6. The zero-order chi connectivity index (χ0) is 25.7. The smallest absolute Gasteiger partial charge is 0.254 e. The van der Waals surface area contributed by atoms with E-state index in [4.69, 9.17) is 4.74 Å². The van der Waals surface area contributed by atoms with Crippen LogP contribution >= 0.6 is 0 Å². The van der Waals surface area contributed by atoms with Gasteiger partial charge in [0.25, 0.3) is 5.91 Å². The second-order valence-electron chi connectivity index (χ2n) is 8.61. The molecule has 1 atom stereocenters. The van der Waals surface area contributed by atoms with Gasteiger partial charge in [-0.15, -0.1) is 6.58 Å². The monoisotopic (exact) mass is 515 g/mol. The maximum absolute atomic E-state index is 14.2. The number of carbonyl (C=O) groups excluding carboxylic acids is 1. The fraction of sp³-hybridized carbons (Fsp3) is 0.308. The van der Waals surface area contributed by atoms with Gasteiger partial charge < -0.3 is 14.2 Å². The molecule has 0 saturated carbocycles. The lowest BCUT2D eigenvalue weighted by molar-refractivity contribution is 0.0751. The van der Waals surface area contributed by atoms with Gasteiger partial charge >= 0.3 is 0 Å². The topological polar surface area (TPSA) is 81.5 Å². The van der Waals surface area contributed by atoms with E-state index in [1.54, 1.807) is 16.7 Å². The van der Waals surface area contributed by atoms with Crippen LogP contribution in [0.4, 0.5) is 8.78 Å². The number of rotatable bonds is 10. The van der Waals surface area contributed by atoms with E-state index in [0.717, 1.165) is 12.8 Å². The predicted octanol–water partition coefficient (Wildman–Crippen LogP) is 4.14. The van der Waals surface area contributed by atoms with Crippen LogP contribution in [0.15, 0.2) is 72.5 Å². The standard InChI is InChI=1S/C26H27F2N3O4S/c1-2-13-30(25(32)19-9-11-21(27)12-10-19)16-22-15-29-26(31(22)17-23-7-5-14-35-23)36(33,34)18-20-6-3-4-8-24(20)28/h2-4,6,8-12,15,23H,1,5,7,13-14,16-18H2. The molecular weight excluding hydrogens is 488 g/mol. The van der Waals surface area contributed by atoms with Crippen LogP contribution in [0.25, 0.3) is 0 Å². The predicted molar refractivity (Wildman–Crippen MR) is 130 cm³/mol. The van der Waals surface area contributed by atoms with Gasteiger partial charge in [0, 0.05) is 24.3 Å². The third-order valence-corrected chi connectivity index (χ3v) is 7.55. The minimum Gasteiger partial charge on any atom is -0.376 e. The number of carbonyl (C=O) groups is 1. The largest absolute Gasteiger partial charge is 0.376 e. The van der Waals surface area contributed by atoms with E-state index in [9.17, 15) is 22.0 Å². The first-order valence-electron chi connectivity index (χ1n) is 11.6. The average molecular weight is 516 g/mol. The minimum atomic E-state index is -4.02. The molecule has 0 spiro atoms. The fourth-order valence-electron chi connectivity index (χ4n) is 4.18. The second kappa shape index (κ2) is 11.1. The molecule has 1 aromatic heterocycles. The van der Waals surface area contributed by atoms with Gasteiger partial charge in [-0.25, -0.2) is 22.2 Å². The minimum absolute atomic E-state index is 0.0389. The average Bonchev–Trinajstić information content (AvgIpc) is 3.51. The highest BCUT2D eigenvalue weighted by Gasteiger charge is 2.29. The van der Waals surface area contributed by atoms with Crippen LogP contribution in [-0.4, -0.2) is 48.0 Å². The van der Waals surface area contributed by atoms with E-state index in [-0.39, 0.29) is 47.9 Å². The number of benzene rings is 2. The molecule has 4 rings (SSSR count). The molecular formula is C26H27F2N3O4S. The van der Waals surface area contributed by atoms with Crippen LogP contribution in [-0.2, 0) is 33.4 Å². The number of sulfone groups is 1. The van der Waals surface area contributed by atoms with Crippen LogP contribution in [0.5, 0.6) is 0 Å². The molecule has 36 heavy (non-hydrogen) atoms. The van der Waals surface area contributed by atoms with E-state index in [1.807, 2.05) is 0 Å². The molecule has 1 unspecified atom stereocenters. The summed E-state index contributed by atoms with van der Waals surface area (Å²) in [6.45, 7) is 4.74. The molecule has 0 N–H and O–H groups in total. The van der Waals surface area contributed by atoms with E-state index in [2.05, 4.69) is 11.6 Å².